The minimum atomic E-state index is 0.915. The maximum atomic E-state index is 6.38. The fraction of sp³-hybridized carbons (Fsp3) is 0. The van der Waals surface area contributed by atoms with Crippen molar-refractivity contribution in [2.24, 2.45) is 0 Å². The van der Waals surface area contributed by atoms with Gasteiger partial charge in [0.2, 0.25) is 0 Å². The summed E-state index contributed by atoms with van der Waals surface area (Å²) >= 11 is 0. The zero-order valence-corrected chi connectivity index (χ0v) is 23.7. The third-order valence-corrected chi connectivity index (χ3v) is 9.15. The topological polar surface area (TPSA) is 30.4 Å². The van der Waals surface area contributed by atoms with E-state index in [-0.39, 0.29) is 0 Å². The zero-order valence-electron chi connectivity index (χ0n) is 23.7. The molecule has 0 atom stereocenters. The summed E-state index contributed by atoms with van der Waals surface area (Å²) in [6.45, 7) is 0. The number of pyridine rings is 1. The van der Waals surface area contributed by atoms with Gasteiger partial charge in [-0.3, -0.25) is 4.40 Å². The van der Waals surface area contributed by atoms with Gasteiger partial charge >= 0.3 is 0 Å². The third kappa shape index (κ3) is 3.24. The molecule has 0 aliphatic carbocycles. The molecule has 0 saturated carbocycles. The molecule has 0 fully saturated rings. The van der Waals surface area contributed by atoms with Crippen LogP contribution in [0.2, 0.25) is 0 Å². The van der Waals surface area contributed by atoms with Crippen LogP contribution in [0.25, 0.3) is 93.3 Å². The lowest BCUT2D eigenvalue weighted by Gasteiger charge is -2.13. The van der Waals surface area contributed by atoms with Crippen LogP contribution in [0.5, 0.6) is 0 Å². The van der Waals surface area contributed by atoms with E-state index in [0.29, 0.717) is 0 Å². The molecule has 10 rings (SSSR count). The van der Waals surface area contributed by atoms with E-state index in [4.69, 9.17) is 9.40 Å². The van der Waals surface area contributed by atoms with E-state index in [1.165, 1.54) is 38.1 Å². The first-order valence-corrected chi connectivity index (χ1v) is 15.0. The highest BCUT2D eigenvalue weighted by atomic mass is 16.3. The molecule has 3 heteroatoms. The molecule has 0 aliphatic heterocycles. The number of rotatable bonds is 2. The lowest BCUT2D eigenvalue weighted by molar-refractivity contribution is 0.670. The summed E-state index contributed by atoms with van der Waals surface area (Å²) in [5.74, 6) is 0. The molecule has 10 aromatic rings. The number of imidazole rings is 1. The molecule has 204 valence electrons. The number of hydrogen-bond donors (Lipinski definition) is 0. The predicted octanol–water partition coefficient (Wildman–Crippen LogP) is 11.2. The Balaban J connectivity index is 1.24. The van der Waals surface area contributed by atoms with Crippen LogP contribution in [0.4, 0.5) is 0 Å². The Morgan fingerprint density at radius 2 is 1.25 bits per heavy atom. The molecule has 0 bridgehead atoms. The number of para-hydroxylation sites is 4. The molecule has 0 saturated heterocycles. The molecule has 7 aromatic carbocycles. The van der Waals surface area contributed by atoms with E-state index in [2.05, 4.69) is 138 Å². The smallest absolute Gasteiger partial charge is 0.147 e. The second kappa shape index (κ2) is 8.79. The molecule has 3 aromatic heterocycles. The van der Waals surface area contributed by atoms with Crippen LogP contribution in [0.15, 0.2) is 150 Å². The van der Waals surface area contributed by atoms with Gasteiger partial charge in [0.25, 0.3) is 0 Å². The largest absolute Gasteiger partial charge is 0.455 e. The number of furan rings is 1. The first kappa shape index (κ1) is 23.6. The number of aromatic nitrogens is 2. The summed E-state index contributed by atoms with van der Waals surface area (Å²) in [6, 6.07) is 51.9. The van der Waals surface area contributed by atoms with E-state index < -0.39 is 0 Å². The van der Waals surface area contributed by atoms with Crippen molar-refractivity contribution >= 4 is 71.1 Å². The third-order valence-electron chi connectivity index (χ3n) is 9.15. The summed E-state index contributed by atoms with van der Waals surface area (Å²) in [5, 5.41) is 8.34. The highest BCUT2D eigenvalue weighted by molar-refractivity contribution is 6.23. The van der Waals surface area contributed by atoms with Gasteiger partial charge in [-0.1, -0.05) is 109 Å². The summed E-state index contributed by atoms with van der Waals surface area (Å²) in [5.41, 5.74) is 10.7. The lowest BCUT2D eigenvalue weighted by atomic mass is 9.95. The minimum absolute atomic E-state index is 0.915. The van der Waals surface area contributed by atoms with Crippen LogP contribution in [0, 0.1) is 0 Å². The molecule has 0 aliphatic rings. The maximum Gasteiger partial charge on any atom is 0.147 e. The standard InChI is InChI=1S/C41H24N2O/c1-2-12-29-25(9-1)19-21-32-34-24-27(20-22-36(34)43-37-17-5-4-16-35(37)42-41(43)39(29)32)26-10-7-11-28(23-26)30-14-8-15-33-31-13-3-6-18-38(31)44-40(30)33/h1-24H. The fourth-order valence-corrected chi connectivity index (χ4v) is 7.14. The highest BCUT2D eigenvalue weighted by Crippen LogP contribution is 2.40. The van der Waals surface area contributed by atoms with Crippen molar-refractivity contribution in [1.82, 2.24) is 9.38 Å². The number of benzene rings is 7. The van der Waals surface area contributed by atoms with E-state index in [1.807, 2.05) is 12.1 Å². The Hall–Kier alpha value is -5.93. The van der Waals surface area contributed by atoms with E-state index in [9.17, 15) is 0 Å². The second-order valence-corrected chi connectivity index (χ2v) is 11.6. The Kier molecular flexibility index (Phi) is 4.72. The summed E-state index contributed by atoms with van der Waals surface area (Å²) < 4.78 is 8.72. The van der Waals surface area contributed by atoms with Crippen molar-refractivity contribution in [3.8, 4) is 22.3 Å². The summed E-state index contributed by atoms with van der Waals surface area (Å²) in [6.07, 6.45) is 0. The monoisotopic (exact) mass is 560 g/mol. The molecular formula is C41H24N2O. The second-order valence-electron chi connectivity index (χ2n) is 11.6. The van der Waals surface area contributed by atoms with Crippen LogP contribution in [-0.4, -0.2) is 9.38 Å². The van der Waals surface area contributed by atoms with E-state index in [0.717, 1.165) is 55.3 Å². The molecule has 3 heterocycles. The Morgan fingerprint density at radius 1 is 0.477 bits per heavy atom. The molecule has 0 radical (unpaired) electrons. The molecule has 0 unspecified atom stereocenters. The normalized spacial score (nSPS) is 12.1. The van der Waals surface area contributed by atoms with E-state index in [1.54, 1.807) is 0 Å². The zero-order chi connectivity index (χ0) is 28.8. The fourth-order valence-electron chi connectivity index (χ4n) is 7.14. The van der Waals surface area contributed by atoms with Gasteiger partial charge in [0, 0.05) is 27.1 Å². The van der Waals surface area contributed by atoms with Gasteiger partial charge in [-0.25, -0.2) is 4.98 Å². The van der Waals surface area contributed by atoms with Crippen molar-refractivity contribution in [2.75, 3.05) is 0 Å². The molecule has 3 nitrogen and oxygen atoms in total. The number of hydrogen-bond acceptors (Lipinski definition) is 2. The Bertz CT molecular complexity index is 2780. The average Bonchev–Trinajstić information content (AvgIpc) is 3.67. The van der Waals surface area contributed by atoms with Gasteiger partial charge in [0.05, 0.1) is 16.6 Å². The first-order valence-electron chi connectivity index (χ1n) is 15.0. The molecule has 0 spiro atoms. The van der Waals surface area contributed by atoms with Crippen molar-refractivity contribution in [2.45, 2.75) is 0 Å². The van der Waals surface area contributed by atoms with E-state index >= 15 is 0 Å². The van der Waals surface area contributed by atoms with Crippen molar-refractivity contribution in [3.05, 3.63) is 146 Å². The number of fused-ring (bicyclic) bond motifs is 13. The average molecular weight is 561 g/mol. The lowest BCUT2D eigenvalue weighted by Crippen LogP contribution is -1.93. The summed E-state index contributed by atoms with van der Waals surface area (Å²) in [7, 11) is 0. The quantitative estimate of drug-likeness (QED) is 0.197. The van der Waals surface area contributed by atoms with Crippen LogP contribution >= 0.6 is 0 Å². The van der Waals surface area contributed by atoms with Crippen molar-refractivity contribution < 1.29 is 4.42 Å². The first-order chi connectivity index (χ1) is 21.8. The Morgan fingerprint density at radius 3 is 2.23 bits per heavy atom. The van der Waals surface area contributed by atoms with Gasteiger partial charge < -0.3 is 4.42 Å². The predicted molar refractivity (Wildman–Crippen MR) is 183 cm³/mol. The maximum absolute atomic E-state index is 6.38. The Labute approximate surface area is 252 Å². The molecule has 0 amide bonds. The molecule has 44 heavy (non-hydrogen) atoms. The van der Waals surface area contributed by atoms with Gasteiger partial charge in [0.15, 0.2) is 0 Å². The molecule has 0 N–H and O–H groups in total. The van der Waals surface area contributed by atoms with Gasteiger partial charge in [-0.15, -0.1) is 0 Å². The van der Waals surface area contributed by atoms with Gasteiger partial charge in [-0.2, -0.15) is 0 Å². The number of nitrogens with zero attached hydrogens (tertiary/aromatic N) is 2. The summed E-state index contributed by atoms with van der Waals surface area (Å²) in [4.78, 5) is 5.16. The van der Waals surface area contributed by atoms with Gasteiger partial charge in [0.1, 0.15) is 16.8 Å². The van der Waals surface area contributed by atoms with Crippen molar-refractivity contribution in [1.29, 1.82) is 0 Å². The van der Waals surface area contributed by atoms with Gasteiger partial charge in [-0.05, 0) is 69.2 Å². The minimum Gasteiger partial charge on any atom is -0.455 e. The van der Waals surface area contributed by atoms with Crippen LogP contribution in [-0.2, 0) is 0 Å². The highest BCUT2D eigenvalue weighted by Gasteiger charge is 2.17. The SMILES string of the molecule is c1cc(-c2ccc3c(c2)c2ccc4ccccc4c2c2nc4ccccc4n32)cc(-c2cccc3c2oc2ccccc23)c1. The van der Waals surface area contributed by atoms with Crippen LogP contribution < -0.4 is 0 Å². The van der Waals surface area contributed by atoms with Crippen LogP contribution in [0.1, 0.15) is 0 Å². The van der Waals surface area contributed by atoms with Crippen molar-refractivity contribution in [3.63, 3.8) is 0 Å². The van der Waals surface area contributed by atoms with Crippen LogP contribution in [0.3, 0.4) is 0 Å². The molecular weight excluding hydrogens is 536 g/mol.